The number of nitrogens with one attached hydrogen (secondary N) is 2. The molecule has 4 aliphatic heterocycles. The van der Waals surface area contributed by atoms with Crippen LogP contribution in [0.25, 0.3) is 16.7 Å². The summed E-state index contributed by atoms with van der Waals surface area (Å²) in [4.78, 5) is 60.7. The topological polar surface area (TPSA) is 157 Å². The van der Waals surface area contributed by atoms with Gasteiger partial charge in [0.05, 0.1) is 53.3 Å². The monoisotopic (exact) mass is 875 g/mol. The maximum absolute atomic E-state index is 14.3. The summed E-state index contributed by atoms with van der Waals surface area (Å²) in [5.74, 6) is 6.47. The molecule has 2 aromatic carbocycles. The maximum atomic E-state index is 14.3. The molecule has 5 fully saturated rings. The normalized spacial score (nSPS) is 24.1. The molecule has 2 bridgehead atoms. The maximum Gasteiger partial charge on any atom is 0.329 e. The standard InChI is InChI=1S/C47H51F2N9O6/c1-54-42-30(4-2-6-38(42)58(47(54)62)39-13-14-41(59)53-46(39)61)5-3-21-63-33-15-18-55(19-16-33)25-28-7-9-29(10-8-28)31-11-12-35(43(48)49)37(22-31)51-45(60)36-24-50-57-20-17-40(52-44(36)57)56-26-34-23-32(56)27-64-34/h2,4,6,11-12,17,20,22,24,28-29,32-34,39,43H,7-10,13-16,18-19,21,23,25-27H2,1H3,(H,51,60)(H,53,59,61)/t28?,29?,32-,34?,39?/m1/s1. The zero-order valence-electron chi connectivity index (χ0n) is 35.7. The SMILES string of the molecule is Cn1c(=O)n(C2CCC(=O)NC2=O)c2cccc(C#CCOC3CCN(CC4CCC(c5ccc(C(F)F)c(NC(=O)c6cnn7ccc(N8CC9C[C@@H]8CO9)nc67)c5)CC4)CC3)c21. The summed E-state index contributed by atoms with van der Waals surface area (Å²) in [5, 5.41) is 9.45. The van der Waals surface area contributed by atoms with Crippen molar-refractivity contribution in [2.75, 3.05) is 49.6 Å². The molecule has 3 amide bonds. The molecular weight excluding hydrogens is 825 g/mol. The molecule has 5 aliphatic rings. The molecule has 1 aliphatic carbocycles. The quantitative estimate of drug-likeness (QED) is 0.139. The van der Waals surface area contributed by atoms with Crippen LogP contribution in [0, 0.1) is 17.8 Å². The molecule has 334 valence electrons. The molecule has 7 heterocycles. The first-order valence-corrected chi connectivity index (χ1v) is 22.4. The van der Waals surface area contributed by atoms with Gasteiger partial charge in [-0.2, -0.15) is 5.10 Å². The first-order chi connectivity index (χ1) is 31.1. The molecule has 3 atom stereocenters. The summed E-state index contributed by atoms with van der Waals surface area (Å²) in [7, 11) is 1.66. The van der Waals surface area contributed by atoms with Crippen molar-refractivity contribution in [1.82, 2.24) is 33.9 Å². The number of morpholine rings is 1. The van der Waals surface area contributed by atoms with Gasteiger partial charge < -0.3 is 24.6 Å². The molecule has 0 radical (unpaired) electrons. The van der Waals surface area contributed by atoms with Gasteiger partial charge in [-0.15, -0.1) is 0 Å². The predicted molar refractivity (Wildman–Crippen MR) is 233 cm³/mol. The molecule has 3 aromatic heterocycles. The molecule has 2 unspecified atom stereocenters. The van der Waals surface area contributed by atoms with Crippen molar-refractivity contribution in [2.24, 2.45) is 13.0 Å². The van der Waals surface area contributed by atoms with Crippen LogP contribution >= 0.6 is 0 Å². The molecule has 10 rings (SSSR count). The van der Waals surface area contributed by atoms with Crippen molar-refractivity contribution in [2.45, 2.75) is 94.4 Å². The number of rotatable bonds is 10. The number of imidazole rings is 1. The number of carbonyl (C=O) groups excluding carboxylic acids is 3. The lowest BCUT2D eigenvalue weighted by Gasteiger charge is -2.36. The van der Waals surface area contributed by atoms with Gasteiger partial charge in [0.15, 0.2) is 5.65 Å². The van der Waals surface area contributed by atoms with Crippen LogP contribution in [0.15, 0.2) is 59.7 Å². The Bertz CT molecular complexity index is 2740. The zero-order valence-corrected chi connectivity index (χ0v) is 35.7. The predicted octanol–water partition coefficient (Wildman–Crippen LogP) is 5.33. The van der Waals surface area contributed by atoms with Gasteiger partial charge in [0.1, 0.15) is 24.0 Å². The van der Waals surface area contributed by atoms with Gasteiger partial charge in [-0.25, -0.2) is 23.1 Å². The highest BCUT2D eigenvalue weighted by Crippen LogP contribution is 2.39. The molecule has 4 saturated heterocycles. The van der Waals surface area contributed by atoms with Crippen molar-refractivity contribution < 1.29 is 32.6 Å². The highest BCUT2D eigenvalue weighted by atomic mass is 19.3. The lowest BCUT2D eigenvalue weighted by atomic mass is 9.78. The number of ether oxygens (including phenoxy) is 2. The van der Waals surface area contributed by atoms with E-state index in [-0.39, 0.29) is 72.0 Å². The Morgan fingerprint density at radius 2 is 1.88 bits per heavy atom. The molecule has 0 spiro atoms. The van der Waals surface area contributed by atoms with E-state index in [9.17, 15) is 28.0 Å². The number of fused-ring (bicyclic) bond motifs is 4. The minimum Gasteiger partial charge on any atom is -0.374 e. The summed E-state index contributed by atoms with van der Waals surface area (Å²) in [6.07, 6.45) is 7.89. The van der Waals surface area contributed by atoms with Crippen molar-refractivity contribution >= 4 is 45.9 Å². The van der Waals surface area contributed by atoms with E-state index in [2.05, 4.69) is 37.4 Å². The number of likely N-dealkylation sites (tertiary alicyclic amines) is 1. The number of benzene rings is 2. The first-order valence-electron chi connectivity index (χ1n) is 22.4. The minimum atomic E-state index is -2.75. The lowest BCUT2D eigenvalue weighted by molar-refractivity contribution is -0.135. The van der Waals surface area contributed by atoms with Crippen LogP contribution in [0.3, 0.4) is 0 Å². The van der Waals surface area contributed by atoms with Crippen LogP contribution < -0.4 is 21.2 Å². The third kappa shape index (κ3) is 8.18. The Hall–Kier alpha value is -5.96. The zero-order chi connectivity index (χ0) is 44.1. The number of imide groups is 1. The van der Waals surface area contributed by atoms with Crippen molar-refractivity contribution in [3.63, 3.8) is 0 Å². The van der Waals surface area contributed by atoms with E-state index in [1.807, 2.05) is 18.2 Å². The van der Waals surface area contributed by atoms with Gasteiger partial charge in [0.2, 0.25) is 11.8 Å². The smallest absolute Gasteiger partial charge is 0.329 e. The molecule has 2 N–H and O–H groups in total. The number of amides is 3. The number of nitrogens with zero attached hydrogens (tertiary/aromatic N) is 7. The summed E-state index contributed by atoms with van der Waals surface area (Å²) in [6, 6.07) is 11.8. The van der Waals surface area contributed by atoms with Gasteiger partial charge in [0.25, 0.3) is 12.3 Å². The molecule has 1 saturated carbocycles. The van der Waals surface area contributed by atoms with Crippen LogP contribution in [-0.4, -0.2) is 104 Å². The van der Waals surface area contributed by atoms with E-state index in [4.69, 9.17) is 14.5 Å². The van der Waals surface area contributed by atoms with E-state index < -0.39 is 24.3 Å². The summed E-state index contributed by atoms with van der Waals surface area (Å²) in [5.41, 5.74) is 3.02. The second kappa shape index (κ2) is 17.5. The van der Waals surface area contributed by atoms with Crippen molar-refractivity contribution in [3.05, 3.63) is 87.6 Å². The van der Waals surface area contributed by atoms with Gasteiger partial charge in [-0.1, -0.05) is 30.0 Å². The highest BCUT2D eigenvalue weighted by Gasteiger charge is 2.40. The van der Waals surface area contributed by atoms with Crippen LogP contribution in [0.2, 0.25) is 0 Å². The van der Waals surface area contributed by atoms with Gasteiger partial charge in [0, 0.05) is 51.4 Å². The number of hydrogen-bond donors (Lipinski definition) is 2. The molecular formula is C47H51F2N9O6. The fraction of sp³-hybridized carbons (Fsp3) is 0.489. The lowest BCUT2D eigenvalue weighted by Crippen LogP contribution is -2.44. The van der Waals surface area contributed by atoms with Crippen LogP contribution in [-0.2, 0) is 26.1 Å². The summed E-state index contributed by atoms with van der Waals surface area (Å²) >= 11 is 0. The second-order valence-corrected chi connectivity index (χ2v) is 17.9. The first kappa shape index (κ1) is 42.0. The number of aromatic nitrogens is 5. The fourth-order valence-electron chi connectivity index (χ4n) is 10.5. The Kier molecular flexibility index (Phi) is 11.5. The fourth-order valence-corrected chi connectivity index (χ4v) is 10.5. The van der Waals surface area contributed by atoms with Crippen molar-refractivity contribution in [1.29, 1.82) is 0 Å². The van der Waals surface area contributed by atoms with Crippen LogP contribution in [0.1, 0.15) is 103 Å². The Labute approximate surface area is 368 Å². The number of aryl methyl sites for hydroxylation is 1. The number of halogens is 2. The second-order valence-electron chi connectivity index (χ2n) is 17.9. The Balaban J connectivity index is 0.708. The minimum absolute atomic E-state index is 0.100. The van der Waals surface area contributed by atoms with Crippen LogP contribution in [0.4, 0.5) is 20.3 Å². The average Bonchev–Trinajstić information content (AvgIpc) is 4.10. The molecule has 5 aromatic rings. The van der Waals surface area contributed by atoms with E-state index in [1.165, 1.54) is 25.9 Å². The van der Waals surface area contributed by atoms with E-state index in [0.717, 1.165) is 82.5 Å². The summed E-state index contributed by atoms with van der Waals surface area (Å²) in [6.45, 7) is 4.52. The number of piperidine rings is 2. The number of para-hydroxylation sites is 1. The number of carbonyl (C=O) groups is 3. The third-order valence-corrected chi connectivity index (χ3v) is 14.0. The van der Waals surface area contributed by atoms with Gasteiger partial charge in [-0.05, 0) is 93.0 Å². The molecule has 17 heteroatoms. The molecule has 15 nitrogen and oxygen atoms in total. The van der Waals surface area contributed by atoms with E-state index in [1.54, 1.807) is 31.4 Å². The average molecular weight is 876 g/mol. The van der Waals surface area contributed by atoms with Crippen LogP contribution in [0.5, 0.6) is 0 Å². The van der Waals surface area contributed by atoms with Gasteiger partial charge in [-0.3, -0.25) is 28.8 Å². The summed E-state index contributed by atoms with van der Waals surface area (Å²) < 4.78 is 45.0. The number of hydrogen-bond acceptors (Lipinski definition) is 10. The largest absolute Gasteiger partial charge is 0.374 e. The van der Waals surface area contributed by atoms with Gasteiger partial charge >= 0.3 is 5.69 Å². The van der Waals surface area contributed by atoms with Crippen molar-refractivity contribution in [3.8, 4) is 11.8 Å². The highest BCUT2D eigenvalue weighted by molar-refractivity contribution is 6.08. The Morgan fingerprint density at radius 1 is 1.05 bits per heavy atom. The third-order valence-electron chi connectivity index (χ3n) is 14.0. The Morgan fingerprint density at radius 3 is 2.62 bits per heavy atom. The number of alkyl halides is 2. The number of anilines is 2. The van der Waals surface area contributed by atoms with E-state index >= 15 is 0 Å². The van der Waals surface area contributed by atoms with E-state index in [0.29, 0.717) is 34.8 Å². The molecule has 64 heavy (non-hydrogen) atoms.